The van der Waals surface area contributed by atoms with Gasteiger partial charge in [0.25, 0.3) is 0 Å². The molecular formula is C13H24N2O3. The van der Waals surface area contributed by atoms with Gasteiger partial charge >= 0.3 is 0 Å². The SMILES string of the molecule is CC(=O)N[C@H](C(=O)N[C@@H](C)[C@H]1CCCO1)C(C)C. The first-order valence-corrected chi connectivity index (χ1v) is 6.61. The van der Waals surface area contributed by atoms with E-state index < -0.39 is 6.04 Å². The van der Waals surface area contributed by atoms with E-state index in [9.17, 15) is 9.59 Å². The van der Waals surface area contributed by atoms with E-state index in [2.05, 4.69) is 10.6 Å². The van der Waals surface area contributed by atoms with Crippen molar-refractivity contribution >= 4 is 11.8 Å². The third kappa shape index (κ3) is 4.29. The van der Waals surface area contributed by atoms with Gasteiger partial charge in [0.2, 0.25) is 11.8 Å². The Hall–Kier alpha value is -1.10. The molecule has 3 atom stereocenters. The number of carbonyl (C=O) groups excluding carboxylic acids is 2. The predicted molar refractivity (Wildman–Crippen MR) is 69.0 cm³/mol. The third-order valence-electron chi connectivity index (χ3n) is 3.20. The van der Waals surface area contributed by atoms with Crippen LogP contribution in [0.15, 0.2) is 0 Å². The molecule has 0 radical (unpaired) electrons. The first-order chi connectivity index (χ1) is 8.41. The summed E-state index contributed by atoms with van der Waals surface area (Å²) in [6.07, 6.45) is 2.12. The molecule has 18 heavy (non-hydrogen) atoms. The van der Waals surface area contributed by atoms with Gasteiger partial charge in [0.05, 0.1) is 12.1 Å². The summed E-state index contributed by atoms with van der Waals surface area (Å²) >= 11 is 0. The summed E-state index contributed by atoms with van der Waals surface area (Å²) in [6.45, 7) is 7.96. The van der Waals surface area contributed by atoms with Crippen molar-refractivity contribution in [2.45, 2.75) is 58.7 Å². The lowest BCUT2D eigenvalue weighted by Gasteiger charge is -2.25. The van der Waals surface area contributed by atoms with Gasteiger partial charge in [-0.25, -0.2) is 0 Å². The zero-order valence-electron chi connectivity index (χ0n) is 11.7. The predicted octanol–water partition coefficient (Wildman–Crippen LogP) is 0.831. The molecule has 1 saturated heterocycles. The van der Waals surface area contributed by atoms with Crippen LogP contribution in [0.5, 0.6) is 0 Å². The fourth-order valence-corrected chi connectivity index (χ4v) is 2.16. The van der Waals surface area contributed by atoms with E-state index in [1.54, 1.807) is 0 Å². The van der Waals surface area contributed by atoms with Gasteiger partial charge in [0.15, 0.2) is 0 Å². The minimum atomic E-state index is -0.480. The number of nitrogens with one attached hydrogen (secondary N) is 2. The van der Waals surface area contributed by atoms with Crippen molar-refractivity contribution in [3.8, 4) is 0 Å². The molecule has 1 aliphatic rings. The van der Waals surface area contributed by atoms with Gasteiger partial charge in [-0.2, -0.15) is 0 Å². The van der Waals surface area contributed by atoms with Gasteiger partial charge in [-0.1, -0.05) is 13.8 Å². The Bertz CT molecular complexity index is 299. The number of hydrogen-bond acceptors (Lipinski definition) is 3. The van der Waals surface area contributed by atoms with E-state index in [4.69, 9.17) is 4.74 Å². The summed E-state index contributed by atoms with van der Waals surface area (Å²) in [7, 11) is 0. The molecule has 1 fully saturated rings. The van der Waals surface area contributed by atoms with Crippen LogP contribution < -0.4 is 10.6 Å². The Balaban J connectivity index is 2.52. The standard InChI is InChI=1S/C13H24N2O3/c1-8(2)12(15-10(4)16)13(17)14-9(3)11-6-5-7-18-11/h8-9,11-12H,5-7H2,1-4H3,(H,14,17)(H,15,16)/t9-,11+,12-/m0/s1. The fraction of sp³-hybridized carbons (Fsp3) is 0.846. The molecule has 1 aliphatic heterocycles. The summed E-state index contributed by atoms with van der Waals surface area (Å²) in [5.41, 5.74) is 0. The second-order valence-electron chi connectivity index (χ2n) is 5.27. The van der Waals surface area contributed by atoms with Crippen LogP contribution >= 0.6 is 0 Å². The minimum absolute atomic E-state index is 0.0185. The number of rotatable bonds is 5. The van der Waals surface area contributed by atoms with E-state index in [-0.39, 0.29) is 29.9 Å². The topological polar surface area (TPSA) is 67.4 Å². The zero-order valence-corrected chi connectivity index (χ0v) is 11.7. The van der Waals surface area contributed by atoms with Gasteiger partial charge < -0.3 is 15.4 Å². The van der Waals surface area contributed by atoms with Crippen LogP contribution in [0.2, 0.25) is 0 Å². The molecule has 104 valence electrons. The second kappa shape index (κ2) is 6.73. The molecule has 0 aliphatic carbocycles. The Morgan fingerprint density at radius 3 is 2.33 bits per heavy atom. The minimum Gasteiger partial charge on any atom is -0.376 e. The molecule has 0 saturated carbocycles. The summed E-state index contributed by atoms with van der Waals surface area (Å²) in [5, 5.41) is 5.61. The van der Waals surface area contributed by atoms with Gasteiger partial charge in [0.1, 0.15) is 6.04 Å². The molecule has 0 aromatic rings. The van der Waals surface area contributed by atoms with E-state index in [1.165, 1.54) is 6.92 Å². The van der Waals surface area contributed by atoms with Crippen molar-refractivity contribution in [3.63, 3.8) is 0 Å². The monoisotopic (exact) mass is 256 g/mol. The lowest BCUT2D eigenvalue weighted by Crippen LogP contribution is -2.53. The van der Waals surface area contributed by atoms with Gasteiger partial charge in [0, 0.05) is 13.5 Å². The maximum Gasteiger partial charge on any atom is 0.243 e. The van der Waals surface area contributed by atoms with Crippen molar-refractivity contribution in [2.24, 2.45) is 5.92 Å². The Kier molecular flexibility index (Phi) is 5.59. The maximum absolute atomic E-state index is 12.1. The number of hydrogen-bond donors (Lipinski definition) is 2. The van der Waals surface area contributed by atoms with Crippen LogP contribution in [-0.4, -0.2) is 36.6 Å². The Morgan fingerprint density at radius 2 is 1.89 bits per heavy atom. The summed E-state index contributed by atoms with van der Waals surface area (Å²) < 4.78 is 5.53. The molecule has 1 heterocycles. The Labute approximate surface area is 109 Å². The number of amides is 2. The van der Waals surface area contributed by atoms with Crippen molar-refractivity contribution in [1.82, 2.24) is 10.6 Å². The molecule has 0 unspecified atom stereocenters. The lowest BCUT2D eigenvalue weighted by atomic mass is 10.0. The van der Waals surface area contributed by atoms with Crippen LogP contribution in [0.1, 0.15) is 40.5 Å². The second-order valence-corrected chi connectivity index (χ2v) is 5.27. The molecule has 5 nitrogen and oxygen atoms in total. The maximum atomic E-state index is 12.1. The average molecular weight is 256 g/mol. The summed E-state index contributed by atoms with van der Waals surface area (Å²) in [6, 6.07) is -0.499. The van der Waals surface area contributed by atoms with Crippen LogP contribution in [0.3, 0.4) is 0 Å². The van der Waals surface area contributed by atoms with Crippen LogP contribution in [0, 0.1) is 5.92 Å². The molecular weight excluding hydrogens is 232 g/mol. The smallest absolute Gasteiger partial charge is 0.243 e. The van der Waals surface area contributed by atoms with Crippen molar-refractivity contribution in [1.29, 1.82) is 0 Å². The van der Waals surface area contributed by atoms with Gasteiger partial charge in [-0.05, 0) is 25.7 Å². The summed E-state index contributed by atoms with van der Waals surface area (Å²) in [4.78, 5) is 23.2. The van der Waals surface area contributed by atoms with Gasteiger partial charge in [-0.15, -0.1) is 0 Å². The number of ether oxygens (including phenoxy) is 1. The molecule has 0 aromatic carbocycles. The first kappa shape index (κ1) is 15.0. The molecule has 0 spiro atoms. The van der Waals surface area contributed by atoms with Crippen LogP contribution in [0.25, 0.3) is 0 Å². The zero-order chi connectivity index (χ0) is 13.7. The van der Waals surface area contributed by atoms with Crippen molar-refractivity contribution < 1.29 is 14.3 Å². The highest BCUT2D eigenvalue weighted by atomic mass is 16.5. The highest BCUT2D eigenvalue weighted by Gasteiger charge is 2.28. The lowest BCUT2D eigenvalue weighted by molar-refractivity contribution is -0.130. The largest absolute Gasteiger partial charge is 0.376 e. The van der Waals surface area contributed by atoms with E-state index >= 15 is 0 Å². The molecule has 5 heteroatoms. The Morgan fingerprint density at radius 1 is 1.22 bits per heavy atom. The molecule has 0 bridgehead atoms. The average Bonchev–Trinajstić information content (AvgIpc) is 2.78. The third-order valence-corrected chi connectivity index (χ3v) is 3.20. The van der Waals surface area contributed by atoms with E-state index in [0.717, 1.165) is 19.4 Å². The molecule has 0 aromatic heterocycles. The fourth-order valence-electron chi connectivity index (χ4n) is 2.16. The quantitative estimate of drug-likeness (QED) is 0.765. The highest BCUT2D eigenvalue weighted by Crippen LogP contribution is 2.15. The highest BCUT2D eigenvalue weighted by molar-refractivity contribution is 5.87. The van der Waals surface area contributed by atoms with Crippen molar-refractivity contribution in [2.75, 3.05) is 6.61 Å². The van der Waals surface area contributed by atoms with Crippen LogP contribution in [0.4, 0.5) is 0 Å². The molecule has 2 amide bonds. The molecule has 2 N–H and O–H groups in total. The summed E-state index contributed by atoms with van der Waals surface area (Å²) in [5.74, 6) is -0.262. The van der Waals surface area contributed by atoms with E-state index in [0.29, 0.717) is 0 Å². The van der Waals surface area contributed by atoms with Crippen molar-refractivity contribution in [3.05, 3.63) is 0 Å². The first-order valence-electron chi connectivity index (χ1n) is 6.61. The number of carbonyl (C=O) groups is 2. The normalized spacial score (nSPS) is 22.6. The molecule has 1 rings (SSSR count). The van der Waals surface area contributed by atoms with Gasteiger partial charge in [-0.3, -0.25) is 9.59 Å². The van der Waals surface area contributed by atoms with E-state index in [1.807, 2.05) is 20.8 Å². The van der Waals surface area contributed by atoms with Crippen LogP contribution in [-0.2, 0) is 14.3 Å².